The topological polar surface area (TPSA) is 34.1 Å². The summed E-state index contributed by atoms with van der Waals surface area (Å²) in [6.07, 6.45) is 2.60. The maximum absolute atomic E-state index is 12.2. The molecule has 0 saturated heterocycles. The van der Waals surface area contributed by atoms with Crippen molar-refractivity contribution in [2.75, 3.05) is 0 Å². The van der Waals surface area contributed by atoms with Crippen molar-refractivity contribution in [2.45, 2.75) is 32.6 Å². The highest BCUT2D eigenvalue weighted by molar-refractivity contribution is 6.00. The van der Waals surface area contributed by atoms with Gasteiger partial charge in [0, 0.05) is 24.3 Å². The summed E-state index contributed by atoms with van der Waals surface area (Å²) in [4.78, 5) is 23.3. The van der Waals surface area contributed by atoms with Gasteiger partial charge in [-0.2, -0.15) is 0 Å². The third-order valence-electron chi connectivity index (χ3n) is 3.32. The second-order valence-electron chi connectivity index (χ2n) is 4.49. The van der Waals surface area contributed by atoms with Crippen LogP contribution in [0.2, 0.25) is 0 Å². The van der Waals surface area contributed by atoms with Crippen LogP contribution in [0.3, 0.4) is 0 Å². The van der Waals surface area contributed by atoms with E-state index in [1.807, 2.05) is 31.2 Å². The van der Waals surface area contributed by atoms with Gasteiger partial charge in [-0.3, -0.25) is 9.59 Å². The van der Waals surface area contributed by atoms with Crippen LogP contribution in [-0.4, -0.2) is 11.6 Å². The predicted octanol–water partition coefficient (Wildman–Crippen LogP) is 2.94. The van der Waals surface area contributed by atoms with Crippen LogP contribution in [0.5, 0.6) is 0 Å². The highest BCUT2D eigenvalue weighted by atomic mass is 16.1. The number of rotatable bonds is 2. The van der Waals surface area contributed by atoms with Crippen molar-refractivity contribution >= 4 is 11.6 Å². The van der Waals surface area contributed by atoms with Gasteiger partial charge in [0.1, 0.15) is 5.78 Å². The lowest BCUT2D eigenvalue weighted by atomic mass is 9.82. The van der Waals surface area contributed by atoms with E-state index in [-0.39, 0.29) is 11.7 Å². The molecular weight excluding hydrogens is 200 g/mol. The van der Waals surface area contributed by atoms with Gasteiger partial charge in [-0.1, -0.05) is 24.3 Å². The van der Waals surface area contributed by atoms with Crippen LogP contribution in [0, 0.1) is 12.8 Å². The molecule has 0 heterocycles. The second kappa shape index (κ2) is 4.60. The van der Waals surface area contributed by atoms with Crippen LogP contribution >= 0.6 is 0 Å². The van der Waals surface area contributed by atoms with Crippen molar-refractivity contribution in [1.29, 1.82) is 0 Å². The molecule has 2 rings (SSSR count). The standard InChI is InChI=1S/C14H16O2/c1-10-4-2-3-5-13(10)14(16)11-6-8-12(15)9-7-11/h2-5,11H,6-9H2,1H3. The van der Waals surface area contributed by atoms with Crippen LogP contribution in [0.25, 0.3) is 0 Å². The zero-order valence-corrected chi connectivity index (χ0v) is 9.53. The van der Waals surface area contributed by atoms with E-state index in [1.54, 1.807) is 0 Å². The molecule has 1 aliphatic rings. The Morgan fingerprint density at radius 1 is 1.19 bits per heavy atom. The fourth-order valence-corrected chi connectivity index (χ4v) is 2.27. The van der Waals surface area contributed by atoms with Crippen LogP contribution in [0.15, 0.2) is 24.3 Å². The van der Waals surface area contributed by atoms with E-state index in [0.29, 0.717) is 18.6 Å². The summed E-state index contributed by atoms with van der Waals surface area (Å²) in [6, 6.07) is 7.68. The van der Waals surface area contributed by atoms with Gasteiger partial charge >= 0.3 is 0 Å². The lowest BCUT2D eigenvalue weighted by Gasteiger charge is -2.20. The molecule has 2 heteroatoms. The van der Waals surface area contributed by atoms with Gasteiger partial charge in [0.05, 0.1) is 0 Å². The number of ketones is 2. The number of benzene rings is 1. The predicted molar refractivity (Wildman–Crippen MR) is 62.5 cm³/mol. The molecule has 1 saturated carbocycles. The average Bonchev–Trinajstić information content (AvgIpc) is 2.30. The Bertz CT molecular complexity index is 410. The molecule has 0 atom stereocenters. The Morgan fingerprint density at radius 2 is 1.81 bits per heavy atom. The molecule has 2 nitrogen and oxygen atoms in total. The summed E-state index contributed by atoms with van der Waals surface area (Å²) < 4.78 is 0. The second-order valence-corrected chi connectivity index (χ2v) is 4.49. The largest absolute Gasteiger partial charge is 0.300 e. The minimum absolute atomic E-state index is 0.0544. The molecule has 0 radical (unpaired) electrons. The van der Waals surface area contributed by atoms with Crippen molar-refractivity contribution in [1.82, 2.24) is 0 Å². The summed E-state index contributed by atoms with van der Waals surface area (Å²) in [5.41, 5.74) is 1.85. The molecule has 0 bridgehead atoms. The van der Waals surface area contributed by atoms with E-state index in [0.717, 1.165) is 24.0 Å². The molecule has 1 aromatic rings. The Kier molecular flexibility index (Phi) is 3.18. The van der Waals surface area contributed by atoms with Gasteiger partial charge < -0.3 is 0 Å². The molecule has 0 unspecified atom stereocenters. The number of aryl methyl sites for hydroxylation is 1. The molecule has 1 aliphatic carbocycles. The maximum Gasteiger partial charge on any atom is 0.166 e. The minimum atomic E-state index is 0.0544. The highest BCUT2D eigenvalue weighted by Crippen LogP contribution is 2.26. The van der Waals surface area contributed by atoms with Crippen molar-refractivity contribution in [3.05, 3.63) is 35.4 Å². The van der Waals surface area contributed by atoms with Crippen molar-refractivity contribution < 1.29 is 9.59 Å². The van der Waals surface area contributed by atoms with E-state index in [4.69, 9.17) is 0 Å². The fraction of sp³-hybridized carbons (Fsp3) is 0.429. The summed E-state index contributed by atoms with van der Waals surface area (Å²) in [6.45, 7) is 1.96. The quantitative estimate of drug-likeness (QED) is 0.712. The van der Waals surface area contributed by atoms with Crippen LogP contribution in [0.4, 0.5) is 0 Å². The SMILES string of the molecule is Cc1ccccc1C(=O)C1CCC(=O)CC1. The fourth-order valence-electron chi connectivity index (χ4n) is 2.27. The third kappa shape index (κ3) is 2.21. The zero-order valence-electron chi connectivity index (χ0n) is 9.53. The van der Waals surface area contributed by atoms with Gasteiger partial charge in [0.2, 0.25) is 0 Å². The van der Waals surface area contributed by atoms with E-state index in [9.17, 15) is 9.59 Å². The van der Waals surface area contributed by atoms with Gasteiger partial charge in [-0.05, 0) is 25.3 Å². The number of carbonyl (C=O) groups is 2. The van der Waals surface area contributed by atoms with Crippen molar-refractivity contribution in [3.63, 3.8) is 0 Å². The Labute approximate surface area is 95.7 Å². The summed E-state index contributed by atoms with van der Waals surface area (Å²) in [5.74, 6) is 0.568. The number of Topliss-reactive ketones (excluding diaryl/α,β-unsaturated/α-hetero) is 2. The molecule has 16 heavy (non-hydrogen) atoms. The summed E-state index contributed by atoms with van der Waals surface area (Å²) in [5, 5.41) is 0. The van der Waals surface area contributed by atoms with Crippen molar-refractivity contribution in [3.8, 4) is 0 Å². The minimum Gasteiger partial charge on any atom is -0.300 e. The molecular formula is C14H16O2. The van der Waals surface area contributed by atoms with Gasteiger partial charge in [0.15, 0.2) is 5.78 Å². The van der Waals surface area contributed by atoms with Crippen LogP contribution in [0.1, 0.15) is 41.6 Å². The zero-order chi connectivity index (χ0) is 11.5. The molecule has 0 aromatic heterocycles. The molecule has 0 aliphatic heterocycles. The smallest absolute Gasteiger partial charge is 0.166 e. The van der Waals surface area contributed by atoms with E-state index in [2.05, 4.69) is 0 Å². The number of hydrogen-bond acceptors (Lipinski definition) is 2. The van der Waals surface area contributed by atoms with Crippen LogP contribution in [-0.2, 0) is 4.79 Å². The monoisotopic (exact) mass is 216 g/mol. The first-order valence-electron chi connectivity index (χ1n) is 5.80. The Hall–Kier alpha value is -1.44. The number of hydrogen-bond donors (Lipinski definition) is 0. The van der Waals surface area contributed by atoms with Gasteiger partial charge in [0.25, 0.3) is 0 Å². The first kappa shape index (κ1) is 11.1. The normalized spacial score (nSPS) is 17.4. The molecule has 0 amide bonds. The molecule has 84 valence electrons. The lowest BCUT2D eigenvalue weighted by Crippen LogP contribution is -2.22. The molecule has 1 aromatic carbocycles. The average molecular weight is 216 g/mol. The van der Waals surface area contributed by atoms with E-state index >= 15 is 0 Å². The molecule has 0 spiro atoms. The van der Waals surface area contributed by atoms with E-state index in [1.165, 1.54) is 0 Å². The van der Waals surface area contributed by atoms with Gasteiger partial charge in [-0.25, -0.2) is 0 Å². The summed E-state index contributed by atoms with van der Waals surface area (Å²) >= 11 is 0. The molecule has 1 fully saturated rings. The Balaban J connectivity index is 2.14. The number of carbonyl (C=O) groups excluding carboxylic acids is 2. The maximum atomic E-state index is 12.2. The molecule has 0 N–H and O–H groups in total. The summed E-state index contributed by atoms with van der Waals surface area (Å²) in [7, 11) is 0. The highest BCUT2D eigenvalue weighted by Gasteiger charge is 2.26. The first-order chi connectivity index (χ1) is 7.68. The van der Waals surface area contributed by atoms with Gasteiger partial charge in [-0.15, -0.1) is 0 Å². The first-order valence-corrected chi connectivity index (χ1v) is 5.80. The van der Waals surface area contributed by atoms with Crippen LogP contribution < -0.4 is 0 Å². The van der Waals surface area contributed by atoms with E-state index < -0.39 is 0 Å². The third-order valence-corrected chi connectivity index (χ3v) is 3.32. The lowest BCUT2D eigenvalue weighted by molar-refractivity contribution is -0.120. The Morgan fingerprint density at radius 3 is 2.44 bits per heavy atom. The van der Waals surface area contributed by atoms with Crippen molar-refractivity contribution in [2.24, 2.45) is 5.92 Å².